The zero-order valence-electron chi connectivity index (χ0n) is 14.0. The second-order valence-electron chi connectivity index (χ2n) is 6.70. The lowest BCUT2D eigenvalue weighted by Gasteiger charge is -2.30. The Balaban J connectivity index is 1.84. The van der Waals surface area contributed by atoms with Crippen LogP contribution in [0, 0.1) is 5.92 Å². The molecule has 2 unspecified atom stereocenters. The molecule has 1 N–H and O–H groups in total. The average Bonchev–Trinajstić information content (AvgIpc) is 3.18. The van der Waals surface area contributed by atoms with Gasteiger partial charge in [-0.2, -0.15) is 0 Å². The van der Waals surface area contributed by atoms with Gasteiger partial charge in [0.05, 0.1) is 23.4 Å². The van der Waals surface area contributed by atoms with Gasteiger partial charge in [0.25, 0.3) is 5.91 Å². The predicted molar refractivity (Wildman–Crippen MR) is 93.1 cm³/mol. The lowest BCUT2D eigenvalue weighted by atomic mass is 9.84. The van der Waals surface area contributed by atoms with Gasteiger partial charge in [0.1, 0.15) is 11.7 Å². The minimum Gasteiger partial charge on any atom is -0.345 e. The summed E-state index contributed by atoms with van der Waals surface area (Å²) < 4.78 is 0. The fourth-order valence-electron chi connectivity index (χ4n) is 3.94. The molecule has 0 saturated carbocycles. The van der Waals surface area contributed by atoms with E-state index in [1.54, 1.807) is 12.4 Å². The number of anilines is 1. The van der Waals surface area contributed by atoms with Gasteiger partial charge in [-0.15, -0.1) is 0 Å². The Kier molecular flexibility index (Phi) is 3.75. The first-order chi connectivity index (χ1) is 12.1. The first-order valence-electron chi connectivity index (χ1n) is 8.58. The van der Waals surface area contributed by atoms with Crippen LogP contribution in [-0.4, -0.2) is 33.5 Å². The van der Waals surface area contributed by atoms with E-state index < -0.39 is 23.7 Å². The van der Waals surface area contributed by atoms with Crippen LogP contribution in [0.25, 0.3) is 11.0 Å². The van der Waals surface area contributed by atoms with Crippen LogP contribution in [0.3, 0.4) is 0 Å². The van der Waals surface area contributed by atoms with Gasteiger partial charge in [-0.3, -0.25) is 19.3 Å². The van der Waals surface area contributed by atoms with E-state index >= 15 is 0 Å². The molecule has 1 aliphatic heterocycles. The van der Waals surface area contributed by atoms with Crippen LogP contribution in [-0.2, 0) is 14.4 Å². The van der Waals surface area contributed by atoms with Crippen LogP contribution in [0.5, 0.6) is 0 Å². The van der Waals surface area contributed by atoms with E-state index in [1.165, 1.54) is 11.8 Å². The van der Waals surface area contributed by atoms with E-state index in [-0.39, 0.29) is 5.78 Å². The van der Waals surface area contributed by atoms with E-state index in [0.29, 0.717) is 5.69 Å². The monoisotopic (exact) mass is 337 g/mol. The number of hydrogen-bond acceptors (Lipinski definition) is 4. The summed E-state index contributed by atoms with van der Waals surface area (Å²) in [7, 11) is 0. The summed E-state index contributed by atoms with van der Waals surface area (Å²) in [6.07, 6.45) is 7.54. The second kappa shape index (κ2) is 5.95. The number of fused-ring (bicyclic) bond motifs is 1. The molecule has 2 atom stereocenters. The van der Waals surface area contributed by atoms with Gasteiger partial charge in [-0.25, -0.2) is 4.98 Å². The number of Topliss-reactive ketones (excluding diaryl/α,β-unsaturated/α-hetero) is 2. The van der Waals surface area contributed by atoms with Crippen molar-refractivity contribution in [3.8, 4) is 0 Å². The summed E-state index contributed by atoms with van der Waals surface area (Å²) in [5, 5.41) is 0. The minimum atomic E-state index is -0.908. The first-order valence-corrected chi connectivity index (χ1v) is 8.58. The Labute approximate surface area is 144 Å². The van der Waals surface area contributed by atoms with Crippen molar-refractivity contribution < 1.29 is 14.4 Å². The fraction of sp³-hybridized carbons (Fsp3) is 0.368. The lowest BCUT2D eigenvalue weighted by Crippen LogP contribution is -2.39. The fourth-order valence-corrected chi connectivity index (χ4v) is 3.94. The number of H-pyrrole nitrogens is 1. The number of imidazole rings is 1. The molecule has 1 fully saturated rings. The summed E-state index contributed by atoms with van der Waals surface area (Å²) in [5.74, 6) is -2.36. The molecule has 2 heterocycles. The number of ketones is 2. The number of amides is 1. The zero-order chi connectivity index (χ0) is 17.6. The molecule has 2 aromatic rings. The van der Waals surface area contributed by atoms with Crippen LogP contribution in [0.2, 0.25) is 0 Å². The van der Waals surface area contributed by atoms with Crippen molar-refractivity contribution in [1.82, 2.24) is 9.97 Å². The quantitative estimate of drug-likeness (QED) is 0.530. The summed E-state index contributed by atoms with van der Waals surface area (Å²) in [6.45, 7) is 1.40. The van der Waals surface area contributed by atoms with Gasteiger partial charge in [-0.1, -0.05) is 11.6 Å². The Bertz CT molecular complexity index is 912. The van der Waals surface area contributed by atoms with Crippen molar-refractivity contribution in [3.05, 3.63) is 36.2 Å². The maximum absolute atomic E-state index is 12.7. The number of benzene rings is 1. The van der Waals surface area contributed by atoms with Gasteiger partial charge in [-0.05, 0) is 50.8 Å². The molecule has 4 rings (SSSR count). The van der Waals surface area contributed by atoms with E-state index in [2.05, 4.69) is 16.0 Å². The highest BCUT2D eigenvalue weighted by atomic mass is 16.2. The number of nitrogens with one attached hydrogen (secondary N) is 1. The van der Waals surface area contributed by atoms with E-state index in [9.17, 15) is 14.4 Å². The maximum atomic E-state index is 12.7. The van der Waals surface area contributed by atoms with Crippen molar-refractivity contribution >= 4 is 34.2 Å². The molecule has 1 amide bonds. The van der Waals surface area contributed by atoms with Crippen molar-refractivity contribution in [3.63, 3.8) is 0 Å². The summed E-state index contributed by atoms with van der Waals surface area (Å²) >= 11 is 0. The number of carbonyl (C=O) groups is 3. The number of hydrogen-bond donors (Lipinski definition) is 1. The summed E-state index contributed by atoms with van der Waals surface area (Å²) in [4.78, 5) is 46.1. The SMILES string of the molecule is CC(=O)C1C(=O)C(=O)N(c2ccc3nc[nH]c3c2)C1C1=CCCCC1. The largest absolute Gasteiger partial charge is 0.345 e. The number of aromatic nitrogens is 2. The number of allylic oxidation sites excluding steroid dienone is 1. The summed E-state index contributed by atoms with van der Waals surface area (Å²) in [6, 6.07) is 4.91. The van der Waals surface area contributed by atoms with Gasteiger partial charge in [0, 0.05) is 5.69 Å². The van der Waals surface area contributed by atoms with Gasteiger partial charge < -0.3 is 4.98 Å². The molecule has 1 saturated heterocycles. The number of nitrogens with zero attached hydrogens (tertiary/aromatic N) is 2. The van der Waals surface area contributed by atoms with E-state index in [4.69, 9.17) is 0 Å². The third kappa shape index (κ3) is 2.49. The molecule has 1 aromatic heterocycles. The molecule has 25 heavy (non-hydrogen) atoms. The van der Waals surface area contributed by atoms with Gasteiger partial charge in [0.2, 0.25) is 5.78 Å². The lowest BCUT2D eigenvalue weighted by molar-refractivity contribution is -0.138. The average molecular weight is 337 g/mol. The highest BCUT2D eigenvalue weighted by Crippen LogP contribution is 2.37. The molecule has 1 aromatic carbocycles. The maximum Gasteiger partial charge on any atom is 0.295 e. The Morgan fingerprint density at radius 2 is 2.12 bits per heavy atom. The Morgan fingerprint density at radius 1 is 1.28 bits per heavy atom. The van der Waals surface area contributed by atoms with Gasteiger partial charge in [0.15, 0.2) is 0 Å². The van der Waals surface area contributed by atoms with Crippen molar-refractivity contribution in [2.75, 3.05) is 4.90 Å². The molecule has 6 heteroatoms. The van der Waals surface area contributed by atoms with Crippen LogP contribution in [0.4, 0.5) is 5.69 Å². The molecule has 2 aliphatic rings. The van der Waals surface area contributed by atoms with Crippen molar-refractivity contribution in [2.24, 2.45) is 5.92 Å². The van der Waals surface area contributed by atoms with Crippen LogP contribution in [0.15, 0.2) is 36.2 Å². The first kappa shape index (κ1) is 15.7. The Hall–Kier alpha value is -2.76. The molecule has 0 spiro atoms. The second-order valence-corrected chi connectivity index (χ2v) is 6.70. The summed E-state index contributed by atoms with van der Waals surface area (Å²) in [5.41, 5.74) is 3.23. The van der Waals surface area contributed by atoms with Crippen LogP contribution in [0.1, 0.15) is 32.6 Å². The molecule has 0 radical (unpaired) electrons. The molecule has 0 bridgehead atoms. The topological polar surface area (TPSA) is 83.1 Å². The third-order valence-corrected chi connectivity index (χ3v) is 5.13. The van der Waals surface area contributed by atoms with E-state index in [1.807, 2.05) is 12.1 Å². The Morgan fingerprint density at radius 3 is 2.84 bits per heavy atom. The zero-order valence-corrected chi connectivity index (χ0v) is 14.0. The predicted octanol–water partition coefficient (Wildman–Crippen LogP) is 2.55. The number of carbonyl (C=O) groups excluding carboxylic acids is 3. The molecule has 128 valence electrons. The van der Waals surface area contributed by atoms with Crippen molar-refractivity contribution in [1.29, 1.82) is 0 Å². The van der Waals surface area contributed by atoms with E-state index in [0.717, 1.165) is 42.3 Å². The molecular formula is C19H19N3O3. The molecule has 6 nitrogen and oxygen atoms in total. The highest BCUT2D eigenvalue weighted by Gasteiger charge is 2.51. The smallest absolute Gasteiger partial charge is 0.295 e. The van der Waals surface area contributed by atoms with Crippen molar-refractivity contribution in [2.45, 2.75) is 38.6 Å². The van der Waals surface area contributed by atoms with Gasteiger partial charge >= 0.3 is 0 Å². The number of aromatic amines is 1. The highest BCUT2D eigenvalue weighted by molar-refractivity contribution is 6.48. The third-order valence-electron chi connectivity index (χ3n) is 5.13. The molecule has 1 aliphatic carbocycles. The number of rotatable bonds is 3. The molecular weight excluding hydrogens is 318 g/mol. The minimum absolute atomic E-state index is 0.250. The normalized spacial score (nSPS) is 24.0. The van der Waals surface area contributed by atoms with Crippen LogP contribution < -0.4 is 4.90 Å². The standard InChI is InChI=1S/C19H19N3O3/c1-11(23)16-17(12-5-3-2-4-6-12)22(19(25)18(16)24)13-7-8-14-15(9-13)21-10-20-14/h5,7-10,16-17H,2-4,6H2,1H3,(H,20,21). The van der Waals surface area contributed by atoms with Crippen LogP contribution >= 0.6 is 0 Å².